The van der Waals surface area contributed by atoms with Crippen LogP contribution in [0.3, 0.4) is 0 Å². The molecular weight excluding hydrogens is 281 g/mol. The van der Waals surface area contributed by atoms with E-state index in [1.165, 1.54) is 6.07 Å². The number of hydrogen-bond donors (Lipinski definition) is 1. The SMILES string of the molecule is Cc1cc(Cl)c(CN2CCC(CC(=O)O)CC2)cc1F. The molecule has 0 radical (unpaired) electrons. The Morgan fingerprint density at radius 1 is 1.45 bits per heavy atom. The molecule has 1 aliphatic heterocycles. The maximum atomic E-state index is 13.6. The number of likely N-dealkylation sites (tertiary alicyclic amines) is 1. The monoisotopic (exact) mass is 299 g/mol. The van der Waals surface area contributed by atoms with Gasteiger partial charge in [0.15, 0.2) is 0 Å². The van der Waals surface area contributed by atoms with Crippen LogP contribution in [-0.4, -0.2) is 29.1 Å². The fraction of sp³-hybridized carbons (Fsp3) is 0.533. The molecule has 0 aromatic heterocycles. The van der Waals surface area contributed by atoms with Gasteiger partial charge in [0.25, 0.3) is 0 Å². The summed E-state index contributed by atoms with van der Waals surface area (Å²) in [5.41, 5.74) is 1.35. The van der Waals surface area contributed by atoms with E-state index in [1.807, 2.05) is 0 Å². The summed E-state index contributed by atoms with van der Waals surface area (Å²) < 4.78 is 13.6. The van der Waals surface area contributed by atoms with Gasteiger partial charge in [-0.3, -0.25) is 9.69 Å². The van der Waals surface area contributed by atoms with Gasteiger partial charge in [0.1, 0.15) is 5.82 Å². The standard InChI is InChI=1S/C15H19ClFNO2/c1-10-6-13(16)12(8-14(10)17)9-18-4-2-11(3-5-18)7-15(19)20/h6,8,11H,2-5,7,9H2,1H3,(H,19,20). The third kappa shape index (κ3) is 3.93. The lowest BCUT2D eigenvalue weighted by Crippen LogP contribution is -2.34. The first-order valence-corrected chi connectivity index (χ1v) is 7.22. The van der Waals surface area contributed by atoms with Crippen LogP contribution < -0.4 is 0 Å². The highest BCUT2D eigenvalue weighted by molar-refractivity contribution is 6.31. The molecule has 0 bridgehead atoms. The third-order valence-corrected chi connectivity index (χ3v) is 4.24. The number of aliphatic carboxylic acids is 1. The van der Waals surface area contributed by atoms with Crippen molar-refractivity contribution in [2.45, 2.75) is 32.7 Å². The van der Waals surface area contributed by atoms with E-state index < -0.39 is 5.97 Å². The van der Waals surface area contributed by atoms with Crippen molar-refractivity contribution in [1.82, 2.24) is 4.90 Å². The van der Waals surface area contributed by atoms with Gasteiger partial charge in [-0.2, -0.15) is 0 Å². The van der Waals surface area contributed by atoms with E-state index in [1.54, 1.807) is 13.0 Å². The summed E-state index contributed by atoms with van der Waals surface area (Å²) >= 11 is 6.15. The second kappa shape index (κ2) is 6.55. The zero-order valence-corrected chi connectivity index (χ0v) is 12.3. The van der Waals surface area contributed by atoms with Crippen LogP contribution in [0.2, 0.25) is 5.02 Å². The lowest BCUT2D eigenvalue weighted by molar-refractivity contribution is -0.138. The molecule has 0 atom stereocenters. The van der Waals surface area contributed by atoms with Crippen LogP contribution in [0.4, 0.5) is 4.39 Å². The zero-order chi connectivity index (χ0) is 14.7. The summed E-state index contributed by atoms with van der Waals surface area (Å²) in [6.45, 7) is 3.99. The highest BCUT2D eigenvalue weighted by Crippen LogP contribution is 2.25. The molecule has 0 saturated carbocycles. The topological polar surface area (TPSA) is 40.5 Å². The molecule has 1 saturated heterocycles. The summed E-state index contributed by atoms with van der Waals surface area (Å²) in [5.74, 6) is -0.703. The summed E-state index contributed by atoms with van der Waals surface area (Å²) in [7, 11) is 0. The Kier molecular flexibility index (Phi) is 5.00. The minimum Gasteiger partial charge on any atom is -0.481 e. The maximum absolute atomic E-state index is 13.6. The molecule has 1 N–H and O–H groups in total. The van der Waals surface area contributed by atoms with Crippen molar-refractivity contribution in [3.05, 3.63) is 34.1 Å². The first-order valence-electron chi connectivity index (χ1n) is 6.84. The predicted octanol–water partition coefficient (Wildman–Crippen LogP) is 3.47. The number of aryl methyl sites for hydroxylation is 1. The fourth-order valence-electron chi connectivity index (χ4n) is 2.65. The first-order chi connectivity index (χ1) is 9.45. The van der Waals surface area contributed by atoms with Gasteiger partial charge in [0.2, 0.25) is 0 Å². The molecule has 1 heterocycles. The number of halogens is 2. The minimum absolute atomic E-state index is 0.231. The van der Waals surface area contributed by atoms with Crippen LogP contribution in [0.15, 0.2) is 12.1 Å². The molecule has 0 amide bonds. The Balaban J connectivity index is 1.93. The van der Waals surface area contributed by atoms with Crippen molar-refractivity contribution in [3.63, 3.8) is 0 Å². The van der Waals surface area contributed by atoms with Crippen molar-refractivity contribution in [1.29, 1.82) is 0 Å². The van der Waals surface area contributed by atoms with Gasteiger partial charge in [-0.15, -0.1) is 0 Å². The van der Waals surface area contributed by atoms with Crippen LogP contribution in [-0.2, 0) is 11.3 Å². The Labute approximate surface area is 123 Å². The molecule has 1 fully saturated rings. The van der Waals surface area contributed by atoms with Crippen LogP contribution in [0.25, 0.3) is 0 Å². The molecule has 1 aromatic carbocycles. The maximum Gasteiger partial charge on any atom is 0.303 e. The predicted molar refractivity (Wildman–Crippen MR) is 76.4 cm³/mol. The number of rotatable bonds is 4. The lowest BCUT2D eigenvalue weighted by Gasteiger charge is -2.31. The molecule has 5 heteroatoms. The van der Waals surface area contributed by atoms with Gasteiger partial charge >= 0.3 is 5.97 Å². The van der Waals surface area contributed by atoms with Crippen molar-refractivity contribution in [3.8, 4) is 0 Å². The Hall–Kier alpha value is -1.13. The largest absolute Gasteiger partial charge is 0.481 e. The van der Waals surface area contributed by atoms with E-state index in [2.05, 4.69) is 4.90 Å². The summed E-state index contributed by atoms with van der Waals surface area (Å²) in [4.78, 5) is 12.9. The molecule has 1 aliphatic rings. The van der Waals surface area contributed by atoms with Crippen molar-refractivity contribution in [2.75, 3.05) is 13.1 Å². The van der Waals surface area contributed by atoms with Gasteiger partial charge in [-0.25, -0.2) is 4.39 Å². The molecular formula is C15H19ClFNO2. The number of piperidine rings is 1. The first kappa shape index (κ1) is 15.3. The average molecular weight is 300 g/mol. The number of carboxylic acid groups (broad SMARTS) is 1. The van der Waals surface area contributed by atoms with E-state index in [9.17, 15) is 9.18 Å². The number of benzene rings is 1. The third-order valence-electron chi connectivity index (χ3n) is 3.89. The molecule has 3 nitrogen and oxygen atoms in total. The average Bonchev–Trinajstić information content (AvgIpc) is 2.37. The fourth-order valence-corrected chi connectivity index (χ4v) is 2.92. The molecule has 0 unspecified atom stereocenters. The summed E-state index contributed by atoms with van der Waals surface area (Å²) in [5, 5.41) is 9.38. The van der Waals surface area contributed by atoms with Gasteiger partial charge in [0.05, 0.1) is 0 Å². The zero-order valence-electron chi connectivity index (χ0n) is 11.5. The molecule has 0 spiro atoms. The van der Waals surface area contributed by atoms with Gasteiger partial charge < -0.3 is 5.11 Å². The number of carbonyl (C=O) groups is 1. The quantitative estimate of drug-likeness (QED) is 0.925. The van der Waals surface area contributed by atoms with E-state index in [0.717, 1.165) is 31.5 Å². The van der Waals surface area contributed by atoms with Crippen molar-refractivity contribution >= 4 is 17.6 Å². The lowest BCUT2D eigenvalue weighted by atomic mass is 9.93. The van der Waals surface area contributed by atoms with Gasteiger partial charge in [-0.1, -0.05) is 11.6 Å². The van der Waals surface area contributed by atoms with Crippen LogP contribution >= 0.6 is 11.6 Å². The number of carboxylic acids is 1. The molecule has 20 heavy (non-hydrogen) atoms. The molecule has 110 valence electrons. The number of nitrogens with zero attached hydrogens (tertiary/aromatic N) is 1. The van der Waals surface area contributed by atoms with Gasteiger partial charge in [-0.05, 0) is 62.0 Å². The molecule has 1 aromatic rings. The Bertz CT molecular complexity index is 499. The second-order valence-electron chi connectivity index (χ2n) is 5.51. The van der Waals surface area contributed by atoms with Crippen LogP contribution in [0, 0.1) is 18.7 Å². The highest BCUT2D eigenvalue weighted by atomic mass is 35.5. The van der Waals surface area contributed by atoms with Crippen LogP contribution in [0.5, 0.6) is 0 Å². The van der Waals surface area contributed by atoms with E-state index >= 15 is 0 Å². The van der Waals surface area contributed by atoms with Crippen molar-refractivity contribution < 1.29 is 14.3 Å². The Morgan fingerprint density at radius 2 is 2.10 bits per heavy atom. The minimum atomic E-state index is -0.730. The van der Waals surface area contributed by atoms with Crippen LogP contribution in [0.1, 0.15) is 30.4 Å². The number of hydrogen-bond acceptors (Lipinski definition) is 2. The van der Waals surface area contributed by atoms with Gasteiger partial charge in [0, 0.05) is 18.0 Å². The smallest absolute Gasteiger partial charge is 0.303 e. The van der Waals surface area contributed by atoms with E-state index in [4.69, 9.17) is 16.7 Å². The van der Waals surface area contributed by atoms with E-state index in [0.29, 0.717) is 17.1 Å². The van der Waals surface area contributed by atoms with Crippen molar-refractivity contribution in [2.24, 2.45) is 5.92 Å². The second-order valence-corrected chi connectivity index (χ2v) is 5.92. The summed E-state index contributed by atoms with van der Waals surface area (Å²) in [6.07, 6.45) is 1.99. The normalized spacial score (nSPS) is 17.4. The molecule has 0 aliphatic carbocycles. The highest BCUT2D eigenvalue weighted by Gasteiger charge is 2.22. The van der Waals surface area contributed by atoms with E-state index in [-0.39, 0.29) is 18.2 Å². The molecule has 2 rings (SSSR count). The summed E-state index contributed by atoms with van der Waals surface area (Å²) in [6, 6.07) is 3.16. The Morgan fingerprint density at radius 3 is 2.70 bits per heavy atom.